The summed E-state index contributed by atoms with van der Waals surface area (Å²) in [5.41, 5.74) is 1.13. The zero-order chi connectivity index (χ0) is 22.3. The molecule has 1 aliphatic heterocycles. The van der Waals surface area contributed by atoms with E-state index in [1.54, 1.807) is 12.1 Å². The first kappa shape index (κ1) is 23.2. The Morgan fingerprint density at radius 1 is 0.968 bits per heavy atom. The molecule has 166 valence electrons. The molecule has 2 amide bonds. The molecule has 2 aromatic carbocycles. The average molecular weight is 464 g/mol. The van der Waals surface area contributed by atoms with Crippen molar-refractivity contribution in [2.24, 2.45) is 5.92 Å². The number of hydrogen-bond donors (Lipinski definition) is 2. The second kappa shape index (κ2) is 10.7. The summed E-state index contributed by atoms with van der Waals surface area (Å²) >= 11 is 5.83. The molecule has 0 bridgehead atoms. The summed E-state index contributed by atoms with van der Waals surface area (Å²) in [6, 6.07) is 15.9. The maximum atomic E-state index is 12.7. The number of hydrogen-bond acceptors (Lipinski definition) is 4. The van der Waals surface area contributed by atoms with Crippen LogP contribution in [0.3, 0.4) is 0 Å². The first-order chi connectivity index (χ1) is 14.9. The number of piperidine rings is 1. The van der Waals surface area contributed by atoms with Crippen LogP contribution in [0.5, 0.6) is 0 Å². The van der Waals surface area contributed by atoms with Crippen LogP contribution < -0.4 is 10.6 Å². The summed E-state index contributed by atoms with van der Waals surface area (Å²) in [7, 11) is -3.61. The van der Waals surface area contributed by atoms with E-state index in [1.807, 2.05) is 30.3 Å². The van der Waals surface area contributed by atoms with E-state index < -0.39 is 10.0 Å². The molecule has 0 saturated carbocycles. The smallest absolute Gasteiger partial charge is 0.243 e. The molecule has 0 aliphatic carbocycles. The maximum absolute atomic E-state index is 12.7. The molecule has 0 spiro atoms. The van der Waals surface area contributed by atoms with Gasteiger partial charge in [-0.3, -0.25) is 9.59 Å². The molecule has 2 N–H and O–H groups in total. The lowest BCUT2D eigenvalue weighted by Crippen LogP contribution is -2.45. The Kier molecular flexibility index (Phi) is 8.06. The molecule has 31 heavy (non-hydrogen) atoms. The summed E-state index contributed by atoms with van der Waals surface area (Å²) < 4.78 is 26.8. The lowest BCUT2D eigenvalue weighted by atomic mass is 9.97. The highest BCUT2D eigenvalue weighted by molar-refractivity contribution is 7.89. The molecule has 9 heteroatoms. The van der Waals surface area contributed by atoms with Gasteiger partial charge in [-0.15, -0.1) is 0 Å². The fourth-order valence-corrected chi connectivity index (χ4v) is 5.07. The first-order valence-electron chi connectivity index (χ1n) is 10.2. The highest BCUT2D eigenvalue weighted by atomic mass is 35.5. The van der Waals surface area contributed by atoms with Crippen molar-refractivity contribution >= 4 is 33.4 Å². The maximum Gasteiger partial charge on any atom is 0.243 e. The van der Waals surface area contributed by atoms with Crippen LogP contribution in [-0.4, -0.2) is 50.7 Å². The van der Waals surface area contributed by atoms with Crippen molar-refractivity contribution in [1.29, 1.82) is 0 Å². The normalized spacial score (nSPS) is 15.4. The molecule has 0 aromatic heterocycles. The third kappa shape index (κ3) is 6.53. The standard InChI is InChI=1S/C22H26ClN3O4S/c23-19-6-8-20(9-7-19)31(29,30)26-14-11-18(12-15-26)22(28)25-16-21(27)24-13-10-17-4-2-1-3-5-17/h1-9,18H,10-16H2,(H,24,27)(H,25,28). The molecular formula is C22H26ClN3O4S. The fraction of sp³-hybridized carbons (Fsp3) is 0.364. The van der Waals surface area contributed by atoms with Gasteiger partial charge in [0.2, 0.25) is 21.8 Å². The monoisotopic (exact) mass is 463 g/mol. The molecule has 1 heterocycles. The number of carbonyl (C=O) groups is 2. The van der Waals surface area contributed by atoms with E-state index in [9.17, 15) is 18.0 Å². The van der Waals surface area contributed by atoms with Crippen LogP contribution in [0.4, 0.5) is 0 Å². The van der Waals surface area contributed by atoms with Gasteiger partial charge in [0.05, 0.1) is 11.4 Å². The number of rotatable bonds is 8. The lowest BCUT2D eigenvalue weighted by molar-refractivity contribution is -0.129. The van der Waals surface area contributed by atoms with Crippen LogP contribution in [0.15, 0.2) is 59.5 Å². The number of nitrogens with one attached hydrogen (secondary N) is 2. The zero-order valence-corrected chi connectivity index (χ0v) is 18.7. The molecule has 0 unspecified atom stereocenters. The van der Waals surface area contributed by atoms with E-state index in [2.05, 4.69) is 10.6 Å². The van der Waals surface area contributed by atoms with Crippen molar-refractivity contribution in [2.45, 2.75) is 24.2 Å². The molecule has 1 fully saturated rings. The van der Waals surface area contributed by atoms with E-state index in [4.69, 9.17) is 11.6 Å². The quantitative estimate of drug-likeness (QED) is 0.627. The van der Waals surface area contributed by atoms with E-state index >= 15 is 0 Å². The molecule has 2 aromatic rings. The van der Waals surface area contributed by atoms with Gasteiger partial charge in [-0.2, -0.15) is 4.31 Å². The topological polar surface area (TPSA) is 95.6 Å². The van der Waals surface area contributed by atoms with E-state index in [1.165, 1.54) is 16.4 Å². The molecule has 0 radical (unpaired) electrons. The molecule has 3 rings (SSSR count). The van der Waals surface area contributed by atoms with Crippen LogP contribution >= 0.6 is 11.6 Å². The summed E-state index contributed by atoms with van der Waals surface area (Å²) in [5.74, 6) is -0.775. The van der Waals surface area contributed by atoms with Crippen molar-refractivity contribution in [3.63, 3.8) is 0 Å². The summed E-state index contributed by atoms with van der Waals surface area (Å²) in [4.78, 5) is 24.5. The highest BCUT2D eigenvalue weighted by Gasteiger charge is 2.32. The van der Waals surface area contributed by atoms with Crippen molar-refractivity contribution in [1.82, 2.24) is 14.9 Å². The van der Waals surface area contributed by atoms with Crippen LogP contribution in [0, 0.1) is 5.92 Å². The van der Waals surface area contributed by atoms with Crippen molar-refractivity contribution in [3.05, 3.63) is 65.2 Å². The number of amides is 2. The van der Waals surface area contributed by atoms with Gasteiger partial charge in [0.1, 0.15) is 0 Å². The molecule has 1 aliphatic rings. The SMILES string of the molecule is O=C(CNC(=O)C1CCN(S(=O)(=O)c2ccc(Cl)cc2)CC1)NCCc1ccccc1. The Morgan fingerprint density at radius 2 is 1.61 bits per heavy atom. The number of sulfonamides is 1. The van der Waals surface area contributed by atoms with E-state index in [0.717, 1.165) is 12.0 Å². The van der Waals surface area contributed by atoms with Gasteiger partial charge in [-0.25, -0.2) is 8.42 Å². The number of benzene rings is 2. The van der Waals surface area contributed by atoms with Crippen molar-refractivity contribution in [3.8, 4) is 0 Å². The molecule has 7 nitrogen and oxygen atoms in total. The van der Waals surface area contributed by atoms with Gasteiger partial charge < -0.3 is 10.6 Å². The molecule has 0 atom stereocenters. The summed E-state index contributed by atoms with van der Waals surface area (Å²) in [6.45, 7) is 0.926. The van der Waals surface area contributed by atoms with Gasteiger partial charge in [0.15, 0.2) is 0 Å². The Hall–Kier alpha value is -2.42. The van der Waals surface area contributed by atoms with Gasteiger partial charge >= 0.3 is 0 Å². The van der Waals surface area contributed by atoms with Gasteiger partial charge in [-0.05, 0) is 49.1 Å². The van der Waals surface area contributed by atoms with Gasteiger partial charge in [-0.1, -0.05) is 41.9 Å². The predicted octanol–water partition coefficient (Wildman–Crippen LogP) is 2.22. The van der Waals surface area contributed by atoms with Gasteiger partial charge in [0, 0.05) is 30.6 Å². The lowest BCUT2D eigenvalue weighted by Gasteiger charge is -2.30. The number of nitrogens with zero attached hydrogens (tertiary/aromatic N) is 1. The summed E-state index contributed by atoms with van der Waals surface area (Å²) in [6.07, 6.45) is 1.55. The Morgan fingerprint density at radius 3 is 2.26 bits per heavy atom. The highest BCUT2D eigenvalue weighted by Crippen LogP contribution is 2.24. The van der Waals surface area contributed by atoms with Crippen molar-refractivity contribution < 1.29 is 18.0 Å². The minimum absolute atomic E-state index is 0.0864. The Labute approximate surface area is 187 Å². The Bertz CT molecular complexity index is 989. The summed E-state index contributed by atoms with van der Waals surface area (Å²) in [5, 5.41) is 5.92. The van der Waals surface area contributed by atoms with E-state index in [0.29, 0.717) is 24.4 Å². The van der Waals surface area contributed by atoms with Crippen LogP contribution in [0.2, 0.25) is 5.02 Å². The Balaban J connectivity index is 1.39. The number of carbonyl (C=O) groups excluding carboxylic acids is 2. The second-order valence-corrected chi connectivity index (χ2v) is 9.81. The third-order valence-electron chi connectivity index (χ3n) is 5.28. The van der Waals surface area contributed by atoms with Gasteiger partial charge in [0.25, 0.3) is 0 Å². The van der Waals surface area contributed by atoms with Crippen LogP contribution in [0.25, 0.3) is 0 Å². The largest absolute Gasteiger partial charge is 0.354 e. The average Bonchev–Trinajstić information content (AvgIpc) is 2.78. The number of halogens is 1. The zero-order valence-electron chi connectivity index (χ0n) is 17.1. The van der Waals surface area contributed by atoms with E-state index in [-0.39, 0.29) is 42.3 Å². The molecular weight excluding hydrogens is 438 g/mol. The minimum atomic E-state index is -3.61. The fourth-order valence-electron chi connectivity index (χ4n) is 3.48. The first-order valence-corrected chi connectivity index (χ1v) is 12.0. The second-order valence-electron chi connectivity index (χ2n) is 7.44. The minimum Gasteiger partial charge on any atom is -0.354 e. The van der Waals surface area contributed by atoms with Crippen LogP contribution in [-0.2, 0) is 26.0 Å². The van der Waals surface area contributed by atoms with Crippen LogP contribution in [0.1, 0.15) is 18.4 Å². The van der Waals surface area contributed by atoms with Crippen molar-refractivity contribution in [2.75, 3.05) is 26.2 Å². The third-order valence-corrected chi connectivity index (χ3v) is 7.44. The molecule has 1 saturated heterocycles. The predicted molar refractivity (Wildman–Crippen MR) is 119 cm³/mol.